The minimum atomic E-state index is -1.20. The number of nitrogens with one attached hydrogen (secondary N) is 1. The molecule has 5 rings (SSSR count). The SMILES string of the molecule is C=CC(C(F)/C=C1\CN=CN=C1N1CCCC(C(I)c2ncc(NC(=O)CN3CCN(CC)CC3)s2)C1)N1CCOCC1. The Labute approximate surface area is 272 Å². The summed E-state index contributed by atoms with van der Waals surface area (Å²) in [7, 11) is 0. The van der Waals surface area contributed by atoms with Crippen LogP contribution in [-0.4, -0.2) is 140 Å². The van der Waals surface area contributed by atoms with Crippen molar-refractivity contribution in [3.63, 3.8) is 0 Å². The number of carbonyl (C=O) groups is 1. The molecule has 10 nitrogen and oxygen atoms in total. The number of amides is 1. The van der Waals surface area contributed by atoms with Crippen LogP contribution < -0.4 is 5.32 Å². The fraction of sp³-hybridized carbons (Fsp3) is 0.667. The summed E-state index contributed by atoms with van der Waals surface area (Å²) in [5.41, 5.74) is 0.830. The Kier molecular flexibility index (Phi) is 12.1. The molecule has 0 aliphatic carbocycles. The molecule has 4 unspecified atom stereocenters. The van der Waals surface area contributed by atoms with E-state index in [0.29, 0.717) is 45.3 Å². The van der Waals surface area contributed by atoms with Gasteiger partial charge in [-0.2, -0.15) is 0 Å². The Balaban J connectivity index is 1.17. The molecule has 0 bridgehead atoms. The van der Waals surface area contributed by atoms with Crippen molar-refractivity contribution in [3.05, 3.63) is 35.5 Å². The Bertz CT molecular complexity index is 1180. The van der Waals surface area contributed by atoms with Gasteiger partial charge in [-0.05, 0) is 31.4 Å². The number of alkyl halides is 2. The van der Waals surface area contributed by atoms with E-state index in [-0.39, 0.29) is 9.83 Å². The third-order valence-electron chi connectivity index (χ3n) is 8.68. The highest BCUT2D eigenvalue weighted by Crippen LogP contribution is 2.40. The Morgan fingerprint density at radius 3 is 2.74 bits per heavy atom. The number of ether oxygens (including phenoxy) is 1. The Morgan fingerprint density at radius 1 is 1.23 bits per heavy atom. The standard InChI is InChI=1S/C30H44FIN8O2S/c1-3-25(39-12-14-42-15-13-39)24(31)16-23-17-33-21-35-29(23)40-7-5-6-22(19-40)28(32)30-34-18-27(43-30)36-26(41)20-38-10-8-37(4-2)9-11-38/h3,16,18,21-22,24-25,28H,1,4-15,17,19-20H2,2H3,(H,36,41)/b23-16+. The average Bonchev–Trinajstić information content (AvgIpc) is 3.50. The number of piperidine rings is 1. The second-order valence-corrected chi connectivity index (χ2v) is 13.9. The molecule has 0 aromatic carbocycles. The van der Waals surface area contributed by atoms with Gasteiger partial charge in [0.2, 0.25) is 5.91 Å². The minimum absolute atomic E-state index is 0.0174. The van der Waals surface area contributed by atoms with Crippen molar-refractivity contribution in [1.29, 1.82) is 0 Å². The monoisotopic (exact) mass is 726 g/mol. The maximum atomic E-state index is 15.7. The predicted octanol–water partition coefficient (Wildman–Crippen LogP) is 3.50. The molecule has 13 heteroatoms. The van der Waals surface area contributed by atoms with E-state index in [1.807, 2.05) is 0 Å². The second kappa shape index (κ2) is 16.0. The van der Waals surface area contributed by atoms with Crippen molar-refractivity contribution in [1.82, 2.24) is 24.6 Å². The third-order valence-corrected chi connectivity index (χ3v) is 11.7. The normalized spacial score (nSPS) is 25.7. The van der Waals surface area contributed by atoms with Gasteiger partial charge in [-0.3, -0.25) is 19.6 Å². The van der Waals surface area contributed by atoms with E-state index < -0.39 is 12.2 Å². The summed E-state index contributed by atoms with van der Waals surface area (Å²) in [6.07, 6.45) is 7.68. The number of piperazine rings is 1. The first-order chi connectivity index (χ1) is 20.9. The first-order valence-corrected chi connectivity index (χ1v) is 17.5. The van der Waals surface area contributed by atoms with Gasteiger partial charge in [0.1, 0.15) is 28.4 Å². The molecule has 0 spiro atoms. The van der Waals surface area contributed by atoms with Crippen LogP contribution in [0.25, 0.3) is 0 Å². The maximum Gasteiger partial charge on any atom is 0.239 e. The van der Waals surface area contributed by atoms with Crippen LogP contribution in [0.15, 0.2) is 40.5 Å². The molecule has 4 atom stereocenters. The number of anilines is 1. The maximum absolute atomic E-state index is 15.7. The number of nitrogens with zero attached hydrogens (tertiary/aromatic N) is 7. The number of aromatic nitrogens is 1. The average molecular weight is 727 g/mol. The smallest absolute Gasteiger partial charge is 0.239 e. The number of aliphatic imine (C=N–C) groups is 2. The number of amidine groups is 1. The van der Waals surface area contributed by atoms with Gasteiger partial charge in [0.15, 0.2) is 0 Å². The number of morpholine rings is 1. The highest BCUT2D eigenvalue weighted by Gasteiger charge is 2.32. The van der Waals surface area contributed by atoms with Crippen molar-refractivity contribution >= 4 is 57.0 Å². The molecule has 3 fully saturated rings. The Hall–Kier alpha value is -1.78. The van der Waals surface area contributed by atoms with Crippen LogP contribution in [0.2, 0.25) is 0 Å². The van der Waals surface area contributed by atoms with Gasteiger partial charge in [0, 0.05) is 57.9 Å². The first-order valence-electron chi connectivity index (χ1n) is 15.4. The number of hydrogen-bond donors (Lipinski definition) is 1. The molecule has 1 aromatic heterocycles. The van der Waals surface area contributed by atoms with Crippen LogP contribution in [0.5, 0.6) is 0 Å². The molecule has 1 aromatic rings. The summed E-state index contributed by atoms with van der Waals surface area (Å²) in [6, 6.07) is -0.401. The molecular formula is C30H44FIN8O2S. The van der Waals surface area contributed by atoms with E-state index in [9.17, 15) is 4.79 Å². The minimum Gasteiger partial charge on any atom is -0.379 e. The van der Waals surface area contributed by atoms with E-state index in [0.717, 1.165) is 80.1 Å². The summed E-state index contributed by atoms with van der Waals surface area (Å²) in [5, 5.41) is 4.88. The van der Waals surface area contributed by atoms with Crippen molar-refractivity contribution in [2.75, 3.05) is 90.5 Å². The molecule has 3 saturated heterocycles. The van der Waals surface area contributed by atoms with Gasteiger partial charge in [-0.25, -0.2) is 14.4 Å². The highest BCUT2D eigenvalue weighted by atomic mass is 127. The number of carbonyl (C=O) groups excluding carboxylic acids is 1. The van der Waals surface area contributed by atoms with E-state index in [4.69, 9.17) is 9.72 Å². The molecule has 0 saturated carbocycles. The molecule has 4 aliphatic heterocycles. The number of hydrogen-bond acceptors (Lipinski definition) is 10. The molecule has 236 valence electrons. The van der Waals surface area contributed by atoms with Crippen molar-refractivity contribution < 1.29 is 13.9 Å². The number of halogens is 2. The van der Waals surface area contributed by atoms with Gasteiger partial charge in [0.05, 0.1) is 42.5 Å². The molecule has 0 radical (unpaired) electrons. The van der Waals surface area contributed by atoms with Gasteiger partial charge >= 0.3 is 0 Å². The van der Waals surface area contributed by atoms with Gasteiger partial charge in [-0.15, -0.1) is 17.9 Å². The van der Waals surface area contributed by atoms with E-state index >= 15 is 4.39 Å². The summed E-state index contributed by atoms with van der Waals surface area (Å²) in [5.74, 6) is 1.20. The summed E-state index contributed by atoms with van der Waals surface area (Å²) < 4.78 is 21.3. The van der Waals surface area contributed by atoms with E-state index in [2.05, 4.69) is 71.0 Å². The first kappa shape index (κ1) is 32.6. The molecular weight excluding hydrogens is 682 g/mol. The third kappa shape index (κ3) is 8.69. The Morgan fingerprint density at radius 2 is 2.00 bits per heavy atom. The predicted molar refractivity (Wildman–Crippen MR) is 181 cm³/mol. The van der Waals surface area contributed by atoms with Gasteiger partial charge in [0.25, 0.3) is 0 Å². The topological polar surface area (TPSA) is 88.9 Å². The molecule has 43 heavy (non-hydrogen) atoms. The van der Waals surface area contributed by atoms with Crippen molar-refractivity contribution in [2.24, 2.45) is 15.9 Å². The lowest BCUT2D eigenvalue weighted by atomic mass is 9.94. The zero-order valence-electron chi connectivity index (χ0n) is 25.0. The number of rotatable bonds is 10. The highest BCUT2D eigenvalue weighted by molar-refractivity contribution is 14.1. The molecule has 4 aliphatic rings. The number of likely N-dealkylation sites (N-methyl/N-ethyl adjacent to an activating group) is 1. The van der Waals surface area contributed by atoms with Crippen LogP contribution >= 0.6 is 33.9 Å². The van der Waals surface area contributed by atoms with Crippen molar-refractivity contribution in [2.45, 2.75) is 35.9 Å². The van der Waals surface area contributed by atoms with Crippen LogP contribution in [0, 0.1) is 5.92 Å². The lowest BCUT2D eigenvalue weighted by molar-refractivity contribution is -0.117. The lowest BCUT2D eigenvalue weighted by Gasteiger charge is -2.38. The van der Waals surface area contributed by atoms with Gasteiger partial charge < -0.3 is 19.9 Å². The molecule has 1 N–H and O–H groups in total. The van der Waals surface area contributed by atoms with Crippen LogP contribution in [-0.2, 0) is 9.53 Å². The molecule has 1 amide bonds. The largest absolute Gasteiger partial charge is 0.379 e. The lowest BCUT2D eigenvalue weighted by Crippen LogP contribution is -2.48. The van der Waals surface area contributed by atoms with Crippen molar-refractivity contribution in [3.8, 4) is 0 Å². The fourth-order valence-corrected chi connectivity index (χ4v) is 8.24. The zero-order valence-corrected chi connectivity index (χ0v) is 28.0. The van der Waals surface area contributed by atoms with E-state index in [1.165, 1.54) is 0 Å². The molecule has 5 heterocycles. The quantitative estimate of drug-likeness (QED) is 0.225. The van der Waals surface area contributed by atoms with Crippen LogP contribution in [0.3, 0.4) is 0 Å². The number of likely N-dealkylation sites (tertiary alicyclic amines) is 1. The fourth-order valence-electron chi connectivity index (χ4n) is 6.21. The summed E-state index contributed by atoms with van der Waals surface area (Å²) in [4.78, 5) is 35.4. The van der Waals surface area contributed by atoms with E-state index in [1.54, 1.807) is 36.0 Å². The second-order valence-electron chi connectivity index (χ2n) is 11.5. The zero-order chi connectivity index (χ0) is 30.2. The van der Waals surface area contributed by atoms with Crippen LogP contribution in [0.1, 0.15) is 28.7 Å². The van der Waals surface area contributed by atoms with Crippen LogP contribution in [0.4, 0.5) is 9.39 Å². The number of thiazole rings is 1. The summed E-state index contributed by atoms with van der Waals surface area (Å²) >= 11 is 4.06. The summed E-state index contributed by atoms with van der Waals surface area (Å²) in [6.45, 7) is 16.2. The van der Waals surface area contributed by atoms with Gasteiger partial charge in [-0.1, -0.05) is 35.6 Å².